The van der Waals surface area contributed by atoms with Gasteiger partial charge in [0.2, 0.25) is 0 Å². The van der Waals surface area contributed by atoms with Crippen molar-refractivity contribution < 1.29 is 14.3 Å². The number of halogens is 1. The highest BCUT2D eigenvalue weighted by atomic mass is 19.1. The van der Waals surface area contributed by atoms with E-state index in [0.717, 1.165) is 11.4 Å². The third-order valence-electron chi connectivity index (χ3n) is 3.01. The molecule has 0 saturated heterocycles. The fraction of sp³-hybridized carbons (Fsp3) is 0.167. The number of anilines is 1. The van der Waals surface area contributed by atoms with Gasteiger partial charge in [0, 0.05) is 13.0 Å². The molecule has 1 aromatic heterocycles. The molecule has 92 valence electrons. The summed E-state index contributed by atoms with van der Waals surface area (Å²) in [6.07, 6.45) is 1.16. The largest absolute Gasteiger partial charge is 0.465 e. The summed E-state index contributed by atoms with van der Waals surface area (Å²) < 4.78 is 14.5. The van der Waals surface area contributed by atoms with Gasteiger partial charge in [-0.1, -0.05) is 0 Å². The van der Waals surface area contributed by atoms with E-state index in [2.05, 4.69) is 5.10 Å². The minimum absolute atomic E-state index is 0.310. The van der Waals surface area contributed by atoms with E-state index in [1.165, 1.54) is 23.2 Å². The maximum absolute atomic E-state index is 12.9. The summed E-state index contributed by atoms with van der Waals surface area (Å²) in [5.41, 5.74) is 2.17. The highest BCUT2D eigenvalue weighted by molar-refractivity contribution is 5.88. The Hall–Kier alpha value is -2.37. The number of amides is 1. The predicted octanol–water partition coefficient (Wildman–Crippen LogP) is 2.05. The molecule has 1 aliphatic rings. The number of hydrogen-bond donors (Lipinski definition) is 1. The van der Waals surface area contributed by atoms with Crippen molar-refractivity contribution >= 4 is 11.8 Å². The number of fused-ring (bicyclic) bond motifs is 1. The summed E-state index contributed by atoms with van der Waals surface area (Å²) in [5, 5.41) is 13.2. The molecule has 0 aliphatic carbocycles. The number of benzene rings is 1. The van der Waals surface area contributed by atoms with Crippen molar-refractivity contribution in [2.24, 2.45) is 0 Å². The van der Waals surface area contributed by atoms with Gasteiger partial charge in [-0.05, 0) is 24.3 Å². The van der Waals surface area contributed by atoms with Crippen molar-refractivity contribution in [1.82, 2.24) is 9.78 Å². The lowest BCUT2D eigenvalue weighted by atomic mass is 10.3. The maximum Gasteiger partial charge on any atom is 0.411 e. The van der Waals surface area contributed by atoms with Crippen LogP contribution in [0.3, 0.4) is 0 Å². The molecule has 6 heteroatoms. The first kappa shape index (κ1) is 10.8. The monoisotopic (exact) mass is 247 g/mol. The SMILES string of the molecule is O=C(O)N1CCc2c1cnn2-c1ccc(F)cc1. The third-order valence-corrected chi connectivity index (χ3v) is 3.01. The first-order valence-electron chi connectivity index (χ1n) is 5.50. The van der Waals surface area contributed by atoms with E-state index in [4.69, 9.17) is 5.11 Å². The van der Waals surface area contributed by atoms with Gasteiger partial charge >= 0.3 is 6.09 Å². The van der Waals surface area contributed by atoms with E-state index >= 15 is 0 Å². The Kier molecular flexibility index (Phi) is 2.29. The van der Waals surface area contributed by atoms with E-state index < -0.39 is 6.09 Å². The second kappa shape index (κ2) is 3.83. The van der Waals surface area contributed by atoms with Crippen molar-refractivity contribution in [3.8, 4) is 5.69 Å². The van der Waals surface area contributed by atoms with Crippen LogP contribution in [0, 0.1) is 5.82 Å². The summed E-state index contributed by atoms with van der Waals surface area (Å²) in [4.78, 5) is 12.3. The van der Waals surface area contributed by atoms with Gasteiger partial charge in [0.25, 0.3) is 0 Å². The van der Waals surface area contributed by atoms with Gasteiger partial charge in [-0.3, -0.25) is 4.90 Å². The van der Waals surface area contributed by atoms with E-state index in [-0.39, 0.29) is 5.82 Å². The summed E-state index contributed by atoms with van der Waals surface area (Å²) in [5.74, 6) is -0.310. The van der Waals surface area contributed by atoms with Crippen LogP contribution in [0.15, 0.2) is 30.5 Å². The molecule has 5 nitrogen and oxygen atoms in total. The van der Waals surface area contributed by atoms with Crippen LogP contribution >= 0.6 is 0 Å². The lowest BCUT2D eigenvalue weighted by Crippen LogP contribution is -2.26. The second-order valence-corrected chi connectivity index (χ2v) is 4.05. The molecule has 1 aromatic carbocycles. The molecule has 0 saturated carbocycles. The molecular weight excluding hydrogens is 237 g/mol. The minimum atomic E-state index is -0.979. The normalized spacial score (nSPS) is 13.7. The molecule has 0 radical (unpaired) electrons. The zero-order chi connectivity index (χ0) is 12.7. The Bertz CT molecular complexity index is 606. The summed E-state index contributed by atoms with van der Waals surface area (Å²) >= 11 is 0. The summed E-state index contributed by atoms with van der Waals surface area (Å²) in [7, 11) is 0. The Balaban J connectivity index is 2.04. The number of nitrogens with zero attached hydrogens (tertiary/aromatic N) is 3. The van der Waals surface area contributed by atoms with Gasteiger partial charge in [-0.15, -0.1) is 0 Å². The first-order valence-corrected chi connectivity index (χ1v) is 5.50. The lowest BCUT2D eigenvalue weighted by molar-refractivity contribution is 0.202. The van der Waals surface area contributed by atoms with Gasteiger partial charge in [0.05, 0.1) is 23.3 Å². The summed E-state index contributed by atoms with van der Waals surface area (Å²) in [6, 6.07) is 5.94. The Morgan fingerprint density at radius 3 is 2.72 bits per heavy atom. The third kappa shape index (κ3) is 1.54. The molecule has 18 heavy (non-hydrogen) atoms. The number of carbonyl (C=O) groups is 1. The van der Waals surface area contributed by atoms with Crippen LogP contribution in [-0.2, 0) is 6.42 Å². The van der Waals surface area contributed by atoms with E-state index in [1.807, 2.05) is 0 Å². The average molecular weight is 247 g/mol. The van der Waals surface area contributed by atoms with Crippen LogP contribution in [-0.4, -0.2) is 27.5 Å². The van der Waals surface area contributed by atoms with Crippen LogP contribution in [0.2, 0.25) is 0 Å². The van der Waals surface area contributed by atoms with Gasteiger partial charge in [-0.25, -0.2) is 13.9 Å². The Morgan fingerprint density at radius 1 is 1.33 bits per heavy atom. The quantitative estimate of drug-likeness (QED) is 0.839. The molecule has 0 fully saturated rings. The molecule has 1 aliphatic heterocycles. The van der Waals surface area contributed by atoms with Crippen molar-refractivity contribution in [3.63, 3.8) is 0 Å². The fourth-order valence-electron chi connectivity index (χ4n) is 2.17. The second-order valence-electron chi connectivity index (χ2n) is 4.05. The Labute approximate surface area is 102 Å². The van der Waals surface area contributed by atoms with E-state index in [1.54, 1.807) is 16.8 Å². The average Bonchev–Trinajstić information content (AvgIpc) is 2.90. The highest BCUT2D eigenvalue weighted by Gasteiger charge is 2.28. The van der Waals surface area contributed by atoms with Crippen LogP contribution in [0.1, 0.15) is 5.69 Å². The van der Waals surface area contributed by atoms with E-state index in [0.29, 0.717) is 18.7 Å². The van der Waals surface area contributed by atoms with Crippen molar-refractivity contribution in [1.29, 1.82) is 0 Å². The number of aromatic nitrogens is 2. The van der Waals surface area contributed by atoms with Crippen LogP contribution in [0.5, 0.6) is 0 Å². The molecule has 1 amide bonds. The molecule has 3 rings (SSSR count). The molecule has 0 bridgehead atoms. The minimum Gasteiger partial charge on any atom is -0.465 e. The smallest absolute Gasteiger partial charge is 0.411 e. The van der Waals surface area contributed by atoms with Crippen LogP contribution in [0.4, 0.5) is 14.9 Å². The van der Waals surface area contributed by atoms with E-state index in [9.17, 15) is 9.18 Å². The molecule has 0 atom stereocenters. The summed E-state index contributed by atoms with van der Waals surface area (Å²) in [6.45, 7) is 0.434. The zero-order valence-corrected chi connectivity index (χ0v) is 9.38. The maximum atomic E-state index is 12.9. The molecule has 0 unspecified atom stereocenters. The molecule has 1 N–H and O–H groups in total. The Morgan fingerprint density at radius 2 is 2.06 bits per heavy atom. The van der Waals surface area contributed by atoms with Crippen molar-refractivity contribution in [2.75, 3.05) is 11.4 Å². The molecule has 2 aromatic rings. The lowest BCUT2D eigenvalue weighted by Gasteiger charge is -2.08. The fourth-order valence-corrected chi connectivity index (χ4v) is 2.17. The topological polar surface area (TPSA) is 58.4 Å². The molecule has 2 heterocycles. The predicted molar refractivity (Wildman–Crippen MR) is 62.6 cm³/mol. The van der Waals surface area contributed by atoms with Gasteiger partial charge in [-0.2, -0.15) is 5.10 Å². The van der Waals surface area contributed by atoms with Crippen LogP contribution in [0.25, 0.3) is 5.69 Å². The standard InChI is InChI=1S/C12H10FN3O2/c13-8-1-3-9(4-2-8)16-10-5-6-15(12(17)18)11(10)7-14-16/h1-4,7H,5-6H2,(H,17,18). The highest BCUT2D eigenvalue weighted by Crippen LogP contribution is 2.29. The molecular formula is C12H10FN3O2. The van der Waals surface area contributed by atoms with Gasteiger partial charge in [0.1, 0.15) is 5.82 Å². The zero-order valence-electron chi connectivity index (χ0n) is 9.38. The van der Waals surface area contributed by atoms with Crippen molar-refractivity contribution in [2.45, 2.75) is 6.42 Å². The molecule has 0 spiro atoms. The number of rotatable bonds is 1. The van der Waals surface area contributed by atoms with Gasteiger partial charge in [0.15, 0.2) is 0 Å². The van der Waals surface area contributed by atoms with Crippen LogP contribution < -0.4 is 4.90 Å². The first-order chi connectivity index (χ1) is 8.66. The number of hydrogen-bond acceptors (Lipinski definition) is 2. The van der Waals surface area contributed by atoms with Gasteiger partial charge < -0.3 is 5.11 Å². The van der Waals surface area contributed by atoms with Crippen molar-refractivity contribution in [3.05, 3.63) is 42.0 Å². The number of carboxylic acid groups (broad SMARTS) is 1.